The number of phenolic OH excluding ortho intramolecular Hbond substituents is 1. The van der Waals surface area contributed by atoms with Crippen LogP contribution in [-0.2, 0) is 0 Å². The largest absolute Gasteiger partial charge is 0.505 e. The molecule has 78 valence electrons. The minimum Gasteiger partial charge on any atom is -0.505 e. The van der Waals surface area contributed by atoms with Gasteiger partial charge in [0.15, 0.2) is 11.6 Å². The molecule has 0 aliphatic carbocycles. The molecule has 2 N–H and O–H groups in total. The third kappa shape index (κ3) is 2.62. The van der Waals surface area contributed by atoms with Gasteiger partial charge in [0.2, 0.25) is 0 Å². The molecule has 1 aromatic carbocycles. The number of anilines is 1. The zero-order valence-electron chi connectivity index (χ0n) is 8.71. The molecule has 0 saturated heterocycles. The molecule has 1 rings (SSSR count). The molecule has 0 aliphatic heterocycles. The zero-order valence-corrected chi connectivity index (χ0v) is 8.71. The van der Waals surface area contributed by atoms with Gasteiger partial charge in [-0.05, 0) is 25.0 Å². The Morgan fingerprint density at radius 3 is 2.43 bits per heavy atom. The third-order valence-corrected chi connectivity index (χ3v) is 2.34. The molecule has 0 spiro atoms. The predicted molar refractivity (Wildman–Crippen MR) is 56.0 cm³/mol. The minimum atomic E-state index is -0.592. The van der Waals surface area contributed by atoms with Gasteiger partial charge < -0.3 is 10.4 Å². The highest BCUT2D eigenvalue weighted by Crippen LogP contribution is 2.20. The third-order valence-electron chi connectivity index (χ3n) is 2.34. The summed E-state index contributed by atoms with van der Waals surface area (Å²) in [5, 5.41) is 12.1. The van der Waals surface area contributed by atoms with Crippen molar-refractivity contribution in [3.8, 4) is 5.75 Å². The molecule has 0 aliphatic rings. The highest BCUT2D eigenvalue weighted by molar-refractivity contribution is 5.47. The van der Waals surface area contributed by atoms with Crippen molar-refractivity contribution in [2.45, 2.75) is 26.8 Å². The standard InChI is InChI=1S/C11H16FNO/c1-7(2)8(3)13-9-4-5-11(14)10(12)6-9/h4-8,13-14H,1-3H3. The van der Waals surface area contributed by atoms with Gasteiger partial charge in [-0.25, -0.2) is 4.39 Å². The Bertz CT molecular complexity index is 312. The lowest BCUT2D eigenvalue weighted by Crippen LogP contribution is -2.21. The van der Waals surface area contributed by atoms with Crippen molar-refractivity contribution in [3.63, 3.8) is 0 Å². The Hall–Kier alpha value is -1.25. The molecule has 3 heteroatoms. The van der Waals surface area contributed by atoms with Gasteiger partial charge in [-0.1, -0.05) is 13.8 Å². The van der Waals surface area contributed by atoms with Crippen molar-refractivity contribution in [2.24, 2.45) is 5.92 Å². The van der Waals surface area contributed by atoms with E-state index in [9.17, 15) is 4.39 Å². The summed E-state index contributed by atoms with van der Waals surface area (Å²) >= 11 is 0. The van der Waals surface area contributed by atoms with Crippen LogP contribution < -0.4 is 5.32 Å². The maximum atomic E-state index is 12.9. The smallest absolute Gasteiger partial charge is 0.166 e. The predicted octanol–water partition coefficient (Wildman–Crippen LogP) is 2.99. The molecule has 0 heterocycles. The molecule has 14 heavy (non-hydrogen) atoms. The second kappa shape index (κ2) is 4.31. The van der Waals surface area contributed by atoms with Gasteiger partial charge in [-0.15, -0.1) is 0 Å². The lowest BCUT2D eigenvalue weighted by Gasteiger charge is -2.18. The fourth-order valence-electron chi connectivity index (χ4n) is 1.03. The number of nitrogens with one attached hydrogen (secondary N) is 1. The van der Waals surface area contributed by atoms with Crippen molar-refractivity contribution >= 4 is 5.69 Å². The summed E-state index contributed by atoms with van der Waals surface area (Å²) in [7, 11) is 0. The number of halogens is 1. The first-order valence-electron chi connectivity index (χ1n) is 4.75. The maximum absolute atomic E-state index is 12.9. The van der Waals surface area contributed by atoms with Crippen LogP contribution in [0.5, 0.6) is 5.75 Å². The molecule has 2 nitrogen and oxygen atoms in total. The monoisotopic (exact) mass is 197 g/mol. The summed E-state index contributed by atoms with van der Waals surface area (Å²) in [6.45, 7) is 6.22. The first kappa shape index (κ1) is 10.8. The van der Waals surface area contributed by atoms with E-state index in [0.717, 1.165) is 0 Å². The van der Waals surface area contributed by atoms with E-state index in [-0.39, 0.29) is 11.8 Å². The van der Waals surface area contributed by atoms with Crippen molar-refractivity contribution < 1.29 is 9.50 Å². The van der Waals surface area contributed by atoms with E-state index in [1.165, 1.54) is 12.1 Å². The fraction of sp³-hybridized carbons (Fsp3) is 0.455. The molecule has 0 aromatic heterocycles. The number of benzene rings is 1. The van der Waals surface area contributed by atoms with Crippen LogP contribution in [-0.4, -0.2) is 11.1 Å². The molecule has 0 bridgehead atoms. The molecular formula is C11H16FNO. The van der Waals surface area contributed by atoms with Crippen molar-refractivity contribution in [3.05, 3.63) is 24.0 Å². The lowest BCUT2D eigenvalue weighted by atomic mass is 10.1. The number of hydrogen-bond donors (Lipinski definition) is 2. The normalized spacial score (nSPS) is 12.9. The summed E-state index contributed by atoms with van der Waals surface area (Å²) in [6, 6.07) is 4.59. The van der Waals surface area contributed by atoms with Crippen LogP contribution in [0.25, 0.3) is 0 Å². The van der Waals surface area contributed by atoms with E-state index in [4.69, 9.17) is 5.11 Å². The number of aromatic hydroxyl groups is 1. The van der Waals surface area contributed by atoms with Crippen LogP contribution in [0.15, 0.2) is 18.2 Å². The summed E-state index contributed by atoms with van der Waals surface area (Å²) in [4.78, 5) is 0. The van der Waals surface area contributed by atoms with Crippen LogP contribution >= 0.6 is 0 Å². The van der Waals surface area contributed by atoms with Crippen LogP contribution in [0.2, 0.25) is 0 Å². The Morgan fingerprint density at radius 2 is 1.93 bits per heavy atom. The molecule has 1 unspecified atom stereocenters. The van der Waals surface area contributed by atoms with Crippen molar-refractivity contribution in [1.82, 2.24) is 0 Å². The van der Waals surface area contributed by atoms with Crippen molar-refractivity contribution in [2.75, 3.05) is 5.32 Å². The highest BCUT2D eigenvalue weighted by Gasteiger charge is 2.07. The lowest BCUT2D eigenvalue weighted by molar-refractivity contribution is 0.432. The second-order valence-electron chi connectivity index (χ2n) is 3.84. The first-order chi connectivity index (χ1) is 6.50. The van der Waals surface area contributed by atoms with Gasteiger partial charge in [0.1, 0.15) is 0 Å². The van der Waals surface area contributed by atoms with Gasteiger partial charge in [0.05, 0.1) is 0 Å². The van der Waals surface area contributed by atoms with E-state index >= 15 is 0 Å². The minimum absolute atomic E-state index is 0.277. The number of hydrogen-bond acceptors (Lipinski definition) is 2. The zero-order chi connectivity index (χ0) is 10.7. The maximum Gasteiger partial charge on any atom is 0.166 e. The Balaban J connectivity index is 2.73. The quantitative estimate of drug-likeness (QED) is 0.730. The van der Waals surface area contributed by atoms with E-state index in [0.29, 0.717) is 11.6 Å². The number of rotatable bonds is 3. The van der Waals surface area contributed by atoms with Gasteiger partial charge in [0.25, 0.3) is 0 Å². The van der Waals surface area contributed by atoms with Crippen LogP contribution in [0.4, 0.5) is 10.1 Å². The molecule has 0 radical (unpaired) electrons. The van der Waals surface area contributed by atoms with Gasteiger partial charge in [0, 0.05) is 17.8 Å². The van der Waals surface area contributed by atoms with Gasteiger partial charge >= 0.3 is 0 Å². The van der Waals surface area contributed by atoms with E-state index in [1.807, 2.05) is 6.92 Å². The summed E-state index contributed by atoms with van der Waals surface area (Å²) < 4.78 is 12.9. The SMILES string of the molecule is CC(C)C(C)Nc1ccc(O)c(F)c1. The summed E-state index contributed by atoms with van der Waals surface area (Å²) in [5.74, 6) is -0.425. The highest BCUT2D eigenvalue weighted by atomic mass is 19.1. The topological polar surface area (TPSA) is 32.3 Å². The molecular weight excluding hydrogens is 181 g/mol. The van der Waals surface area contributed by atoms with Crippen LogP contribution in [0, 0.1) is 11.7 Å². The number of phenols is 1. The molecule has 0 amide bonds. The van der Waals surface area contributed by atoms with E-state index in [2.05, 4.69) is 19.2 Å². The molecule has 1 atom stereocenters. The summed E-state index contributed by atoms with van der Waals surface area (Å²) in [6.07, 6.45) is 0. The average Bonchev–Trinajstić information content (AvgIpc) is 2.11. The average molecular weight is 197 g/mol. The first-order valence-corrected chi connectivity index (χ1v) is 4.75. The van der Waals surface area contributed by atoms with Crippen molar-refractivity contribution in [1.29, 1.82) is 0 Å². The Labute approximate surface area is 83.8 Å². The van der Waals surface area contributed by atoms with Gasteiger partial charge in [-0.2, -0.15) is 0 Å². The Morgan fingerprint density at radius 1 is 1.29 bits per heavy atom. The van der Waals surface area contributed by atoms with E-state index < -0.39 is 5.82 Å². The molecule has 0 saturated carbocycles. The Kier molecular flexibility index (Phi) is 3.33. The fourth-order valence-corrected chi connectivity index (χ4v) is 1.03. The molecule has 1 aromatic rings. The van der Waals surface area contributed by atoms with Gasteiger partial charge in [-0.3, -0.25) is 0 Å². The summed E-state index contributed by atoms with van der Waals surface area (Å²) in [5.41, 5.74) is 0.696. The van der Waals surface area contributed by atoms with E-state index in [1.54, 1.807) is 6.07 Å². The second-order valence-corrected chi connectivity index (χ2v) is 3.84. The van der Waals surface area contributed by atoms with Crippen LogP contribution in [0.1, 0.15) is 20.8 Å². The molecule has 0 fully saturated rings. The van der Waals surface area contributed by atoms with Crippen LogP contribution in [0.3, 0.4) is 0 Å².